The number of rotatable bonds is 9. The Bertz CT molecular complexity index is 1150. The molecule has 0 aromatic heterocycles. The van der Waals surface area contributed by atoms with E-state index in [4.69, 9.17) is 27.6 Å². The van der Waals surface area contributed by atoms with Crippen molar-refractivity contribution in [3.8, 4) is 0 Å². The van der Waals surface area contributed by atoms with Crippen LogP contribution in [-0.2, 0) is 4.43 Å². The summed E-state index contributed by atoms with van der Waals surface area (Å²) in [5, 5.41) is 5.42. The highest BCUT2D eigenvalue weighted by Gasteiger charge is 2.48. The zero-order valence-corrected chi connectivity index (χ0v) is 27.3. The van der Waals surface area contributed by atoms with Gasteiger partial charge in [0.25, 0.3) is 0 Å². The average Bonchev–Trinajstić information content (AvgIpc) is 2.86. The van der Waals surface area contributed by atoms with E-state index in [9.17, 15) is 0 Å². The van der Waals surface area contributed by atoms with Crippen molar-refractivity contribution >= 4 is 54.7 Å². The number of hydrogen-bond acceptors (Lipinski definition) is 1. The van der Waals surface area contributed by atoms with E-state index in [2.05, 4.69) is 118 Å². The van der Waals surface area contributed by atoms with Crippen molar-refractivity contribution in [1.29, 1.82) is 0 Å². The molecule has 0 bridgehead atoms. The lowest BCUT2D eigenvalue weighted by molar-refractivity contribution is -0.00000854. The number of hydrogen-bond donors (Lipinski definition) is 0. The van der Waals surface area contributed by atoms with Gasteiger partial charge in [-0.15, -0.1) is 0 Å². The highest BCUT2D eigenvalue weighted by Crippen LogP contribution is 2.58. The van der Waals surface area contributed by atoms with Crippen molar-refractivity contribution in [1.82, 2.24) is 0 Å². The van der Waals surface area contributed by atoms with Gasteiger partial charge in [0.15, 0.2) is 8.32 Å². The van der Waals surface area contributed by atoms with Crippen LogP contribution in [0.4, 0.5) is 0 Å². The molecule has 0 radical (unpaired) electrons. The third-order valence-electron chi connectivity index (χ3n) is 6.36. The third kappa shape index (κ3) is 7.47. The van der Waals surface area contributed by atoms with Gasteiger partial charge in [-0.05, 0) is 79.8 Å². The molecule has 0 saturated heterocycles. The Morgan fingerprint density at radius 3 is 1.41 bits per heavy atom. The van der Waals surface area contributed by atoms with Crippen molar-refractivity contribution in [3.63, 3.8) is 0 Å². The maximum absolute atomic E-state index is 6.89. The molecule has 2 atom stereocenters. The van der Waals surface area contributed by atoms with E-state index in [0.29, 0.717) is 10.0 Å². The van der Waals surface area contributed by atoms with Crippen LogP contribution in [0.2, 0.25) is 29.7 Å². The van der Waals surface area contributed by atoms with Crippen molar-refractivity contribution < 1.29 is 28.4 Å². The van der Waals surface area contributed by atoms with Crippen molar-refractivity contribution in [2.75, 3.05) is 6.16 Å². The summed E-state index contributed by atoms with van der Waals surface area (Å²) in [5.41, 5.74) is 1.05. The summed E-state index contributed by atoms with van der Waals surface area (Å²) in [6.45, 7) is 9.05. The molecule has 194 valence electrons. The Hall–Kier alpha value is -1.20. The molecule has 0 aliphatic carbocycles. The Balaban J connectivity index is 0.00000380. The van der Waals surface area contributed by atoms with Crippen LogP contribution in [0.25, 0.3) is 0 Å². The second kappa shape index (κ2) is 13.2. The Labute approximate surface area is 251 Å². The van der Waals surface area contributed by atoms with Gasteiger partial charge >= 0.3 is 0 Å². The number of benzene rings is 4. The lowest BCUT2D eigenvalue weighted by Gasteiger charge is -2.35. The molecular formula is C31H34Cl2IOPSi. The molecule has 1 nitrogen and oxygen atoms in total. The van der Waals surface area contributed by atoms with E-state index < -0.39 is 15.6 Å². The first-order valence-electron chi connectivity index (χ1n) is 12.4. The Morgan fingerprint density at radius 2 is 1.05 bits per heavy atom. The second-order valence-corrected chi connectivity index (χ2v) is 19.2. The number of halogens is 3. The van der Waals surface area contributed by atoms with Crippen LogP contribution in [0, 0.1) is 5.92 Å². The molecule has 0 heterocycles. The van der Waals surface area contributed by atoms with Gasteiger partial charge in [-0.2, -0.15) is 0 Å². The summed E-state index contributed by atoms with van der Waals surface area (Å²) >= 11 is 12.9. The zero-order chi connectivity index (χ0) is 25.8. The van der Waals surface area contributed by atoms with Crippen molar-refractivity contribution in [2.45, 2.75) is 32.7 Å². The van der Waals surface area contributed by atoms with Gasteiger partial charge in [0.1, 0.15) is 23.2 Å². The smallest absolute Gasteiger partial charge is 0.184 e. The lowest BCUT2D eigenvalue weighted by atomic mass is 9.99. The fraction of sp³-hybridized carbons (Fsp3) is 0.226. The fourth-order valence-corrected chi connectivity index (χ4v) is 11.3. The maximum Gasteiger partial charge on any atom is 0.184 e. The normalized spacial score (nSPS) is 13.5. The highest BCUT2D eigenvalue weighted by molar-refractivity contribution is 7.95. The van der Waals surface area contributed by atoms with E-state index in [1.54, 1.807) is 6.07 Å². The molecule has 0 N–H and O–H groups in total. The van der Waals surface area contributed by atoms with Crippen LogP contribution >= 0.6 is 30.5 Å². The zero-order valence-electron chi connectivity index (χ0n) is 21.7. The van der Waals surface area contributed by atoms with Gasteiger partial charge in [-0.25, -0.2) is 0 Å². The van der Waals surface area contributed by atoms with E-state index in [1.165, 1.54) is 15.9 Å². The molecule has 0 aliphatic heterocycles. The molecule has 37 heavy (non-hydrogen) atoms. The predicted octanol–water partition coefficient (Wildman–Crippen LogP) is 5.52. The van der Waals surface area contributed by atoms with Crippen LogP contribution in [0.1, 0.15) is 18.6 Å². The minimum atomic E-state index is -2.00. The molecule has 4 aromatic carbocycles. The Morgan fingerprint density at radius 1 is 0.676 bits per heavy atom. The van der Waals surface area contributed by atoms with Crippen LogP contribution in [0.15, 0.2) is 109 Å². The summed E-state index contributed by atoms with van der Waals surface area (Å²) < 4.78 is 6.89. The lowest BCUT2D eigenvalue weighted by Crippen LogP contribution is -3.00. The first kappa shape index (κ1) is 30.3. The third-order valence-corrected chi connectivity index (χ3v) is 12.4. The minimum absolute atomic E-state index is 0. The van der Waals surface area contributed by atoms with Crippen molar-refractivity contribution in [3.05, 3.63) is 125 Å². The molecule has 0 saturated carbocycles. The van der Waals surface area contributed by atoms with E-state index >= 15 is 0 Å². The summed E-state index contributed by atoms with van der Waals surface area (Å²) in [6, 6.07) is 38.9. The van der Waals surface area contributed by atoms with Crippen LogP contribution in [0.5, 0.6) is 0 Å². The van der Waals surface area contributed by atoms with Crippen LogP contribution < -0.4 is 39.9 Å². The van der Waals surface area contributed by atoms with E-state index in [0.717, 1.165) is 11.7 Å². The fourth-order valence-electron chi connectivity index (χ4n) is 4.97. The average molecular weight is 679 g/mol. The molecule has 2 unspecified atom stereocenters. The maximum atomic E-state index is 6.89. The topological polar surface area (TPSA) is 9.23 Å². The standard InChI is InChI=1S/C31H34Cl2OPSi.HI/c1-24(31(34-36(2,3)4)25-20-26(32)22-27(33)21-25)23-35(28-14-8-5-9-15-28,29-16-10-6-11-17-29)30-18-12-7-13-19-30;/h5-22,24,31H,23H2,1-4H3;1H/q+1;/p-1. The van der Waals surface area contributed by atoms with Crippen molar-refractivity contribution in [2.24, 2.45) is 5.92 Å². The molecule has 4 aromatic rings. The molecule has 0 amide bonds. The first-order chi connectivity index (χ1) is 17.2. The first-order valence-corrected chi connectivity index (χ1v) is 18.5. The summed E-state index contributed by atoms with van der Waals surface area (Å²) in [7, 11) is -3.89. The van der Waals surface area contributed by atoms with Gasteiger partial charge in [0.05, 0.1) is 12.3 Å². The van der Waals surface area contributed by atoms with E-state index in [-0.39, 0.29) is 36.0 Å². The molecule has 4 rings (SSSR count). The molecule has 0 fully saturated rings. The van der Waals surface area contributed by atoms with Gasteiger partial charge in [0.2, 0.25) is 0 Å². The van der Waals surface area contributed by atoms with Gasteiger partial charge < -0.3 is 28.4 Å². The quantitative estimate of drug-likeness (QED) is 0.129. The summed E-state index contributed by atoms with van der Waals surface area (Å²) in [6.07, 6.45) is 0.855. The largest absolute Gasteiger partial charge is 1.00 e. The van der Waals surface area contributed by atoms with Crippen LogP contribution in [0.3, 0.4) is 0 Å². The second-order valence-electron chi connectivity index (χ2n) is 10.3. The van der Waals surface area contributed by atoms with Crippen LogP contribution in [-0.4, -0.2) is 14.5 Å². The molecule has 6 heteroatoms. The molecular weight excluding hydrogens is 645 g/mol. The predicted molar refractivity (Wildman–Crippen MR) is 163 cm³/mol. The highest BCUT2D eigenvalue weighted by atomic mass is 127. The van der Waals surface area contributed by atoms with E-state index in [1.807, 2.05) is 12.1 Å². The summed E-state index contributed by atoms with van der Waals surface area (Å²) in [5.74, 6) is 0.209. The van der Waals surface area contributed by atoms with Gasteiger partial charge in [-0.3, -0.25) is 0 Å². The molecule has 0 aliphatic rings. The molecule has 0 spiro atoms. The monoisotopic (exact) mass is 678 g/mol. The summed E-state index contributed by atoms with van der Waals surface area (Å²) in [4.78, 5) is 0. The minimum Gasteiger partial charge on any atom is -1.00 e. The SMILES string of the molecule is CC(C[P+](c1ccccc1)(c1ccccc1)c1ccccc1)C(O[Si](C)(C)C)c1cc(Cl)cc(Cl)c1.[I-]. The van der Waals surface area contributed by atoms with Gasteiger partial charge in [-0.1, -0.05) is 84.7 Å². The van der Waals surface area contributed by atoms with Gasteiger partial charge in [0, 0.05) is 16.0 Å². The Kier molecular flexibility index (Phi) is 10.9.